The molecule has 0 heterocycles. The minimum Gasteiger partial charge on any atom is -0.484 e. The van der Waals surface area contributed by atoms with Gasteiger partial charge in [0.15, 0.2) is 11.6 Å². The van der Waals surface area contributed by atoms with Gasteiger partial charge in [-0.15, -0.1) is 0 Å². The second kappa shape index (κ2) is 5.29. The van der Waals surface area contributed by atoms with Gasteiger partial charge in [-0.1, -0.05) is 11.2 Å². The summed E-state index contributed by atoms with van der Waals surface area (Å²) < 4.78 is 30.8. The van der Waals surface area contributed by atoms with Gasteiger partial charge in [0.05, 0.1) is 5.71 Å². The number of hydrogen-bond acceptors (Lipinski definition) is 3. The molecule has 0 fully saturated rings. The summed E-state index contributed by atoms with van der Waals surface area (Å²) in [7, 11) is 1.40. The van der Waals surface area contributed by atoms with E-state index in [2.05, 4.69) is 9.99 Å². The van der Waals surface area contributed by atoms with Crippen molar-refractivity contribution in [2.45, 2.75) is 6.92 Å². The smallest absolute Gasteiger partial charge is 0.200 e. The molecule has 0 atom stereocenters. The topological polar surface area (TPSA) is 30.8 Å². The van der Waals surface area contributed by atoms with Crippen molar-refractivity contribution >= 4 is 5.71 Å². The average Bonchev–Trinajstić information content (AvgIpc) is 2.21. The highest BCUT2D eigenvalue weighted by molar-refractivity contribution is 5.82. The molecule has 0 aliphatic rings. The average molecular weight is 215 g/mol. The summed E-state index contributed by atoms with van der Waals surface area (Å²) in [5.41, 5.74) is 0.529. The number of rotatable bonds is 4. The lowest BCUT2D eigenvalue weighted by atomic mass is 10.3. The second-order valence-corrected chi connectivity index (χ2v) is 2.85. The van der Waals surface area contributed by atoms with E-state index in [0.717, 1.165) is 6.07 Å². The number of oxime groups is 1. The van der Waals surface area contributed by atoms with Gasteiger partial charge in [-0.25, -0.2) is 4.39 Å². The van der Waals surface area contributed by atoms with E-state index in [1.54, 1.807) is 6.92 Å². The van der Waals surface area contributed by atoms with E-state index in [1.165, 1.54) is 19.2 Å². The van der Waals surface area contributed by atoms with Gasteiger partial charge in [-0.2, -0.15) is 4.39 Å². The first-order valence-electron chi connectivity index (χ1n) is 4.28. The molecule has 0 saturated heterocycles. The van der Waals surface area contributed by atoms with Crippen molar-refractivity contribution in [2.24, 2.45) is 5.16 Å². The molecule has 1 aromatic carbocycles. The van der Waals surface area contributed by atoms with E-state index >= 15 is 0 Å². The van der Waals surface area contributed by atoms with E-state index in [0.29, 0.717) is 5.71 Å². The Morgan fingerprint density at radius 2 is 2.13 bits per heavy atom. The molecule has 5 heteroatoms. The molecule has 1 rings (SSSR count). The maximum Gasteiger partial charge on any atom is 0.200 e. The summed E-state index contributed by atoms with van der Waals surface area (Å²) in [5.74, 6) is -2.07. The Labute approximate surface area is 86.3 Å². The first-order chi connectivity index (χ1) is 7.15. The van der Waals surface area contributed by atoms with Crippen LogP contribution >= 0.6 is 0 Å². The molecule has 15 heavy (non-hydrogen) atoms. The van der Waals surface area contributed by atoms with Crippen LogP contribution in [-0.4, -0.2) is 19.4 Å². The van der Waals surface area contributed by atoms with E-state index < -0.39 is 11.6 Å². The third-order valence-corrected chi connectivity index (χ3v) is 1.60. The fourth-order valence-electron chi connectivity index (χ4n) is 0.960. The molecular weight excluding hydrogens is 204 g/mol. The third kappa shape index (κ3) is 3.19. The predicted molar refractivity (Wildman–Crippen MR) is 52.0 cm³/mol. The molecular formula is C10H11F2NO2. The van der Waals surface area contributed by atoms with Gasteiger partial charge in [0.2, 0.25) is 5.82 Å². The van der Waals surface area contributed by atoms with Crippen LogP contribution in [0.3, 0.4) is 0 Å². The maximum absolute atomic E-state index is 13.1. The Balaban J connectivity index is 2.66. The first kappa shape index (κ1) is 11.4. The second-order valence-electron chi connectivity index (χ2n) is 2.85. The van der Waals surface area contributed by atoms with Crippen LogP contribution in [0.4, 0.5) is 8.78 Å². The summed E-state index contributed by atoms with van der Waals surface area (Å²) in [5, 5.41) is 3.57. The van der Waals surface area contributed by atoms with Gasteiger partial charge in [-0.3, -0.25) is 0 Å². The van der Waals surface area contributed by atoms with Crippen molar-refractivity contribution in [3.63, 3.8) is 0 Å². The van der Waals surface area contributed by atoms with Crippen molar-refractivity contribution in [1.29, 1.82) is 0 Å². The molecule has 0 unspecified atom stereocenters. The van der Waals surface area contributed by atoms with Crippen LogP contribution in [-0.2, 0) is 4.84 Å². The lowest BCUT2D eigenvalue weighted by Gasteiger charge is -2.06. The minimum atomic E-state index is -0.997. The molecule has 0 saturated carbocycles. The maximum atomic E-state index is 13.1. The molecule has 0 aliphatic heterocycles. The number of ether oxygens (including phenoxy) is 1. The SMILES string of the molecule is CO/N=C(/C)COc1cccc(F)c1F. The Kier molecular flexibility index (Phi) is 4.03. The monoisotopic (exact) mass is 215 g/mol. The molecule has 1 aromatic rings. The lowest BCUT2D eigenvalue weighted by Crippen LogP contribution is -2.09. The van der Waals surface area contributed by atoms with Crippen LogP contribution in [0, 0.1) is 11.6 Å². The summed E-state index contributed by atoms with van der Waals surface area (Å²) in [6.45, 7) is 1.70. The van der Waals surface area contributed by atoms with Crippen molar-refractivity contribution in [3.05, 3.63) is 29.8 Å². The van der Waals surface area contributed by atoms with Gasteiger partial charge < -0.3 is 9.57 Å². The van der Waals surface area contributed by atoms with Gasteiger partial charge in [-0.05, 0) is 19.1 Å². The Hall–Kier alpha value is -1.65. The molecule has 0 radical (unpaired) electrons. The van der Waals surface area contributed by atoms with Crippen LogP contribution in [0.1, 0.15) is 6.92 Å². The summed E-state index contributed by atoms with van der Waals surface area (Å²) in [6, 6.07) is 3.74. The van der Waals surface area contributed by atoms with Crippen molar-refractivity contribution in [1.82, 2.24) is 0 Å². The fourth-order valence-corrected chi connectivity index (χ4v) is 0.960. The van der Waals surface area contributed by atoms with E-state index in [9.17, 15) is 8.78 Å². The molecule has 0 bridgehead atoms. The quantitative estimate of drug-likeness (QED) is 0.570. The predicted octanol–water partition coefficient (Wildman–Crippen LogP) is 2.37. The largest absolute Gasteiger partial charge is 0.484 e. The molecule has 0 spiro atoms. The molecule has 3 nitrogen and oxygen atoms in total. The highest BCUT2D eigenvalue weighted by Gasteiger charge is 2.08. The molecule has 0 aromatic heterocycles. The van der Waals surface area contributed by atoms with Gasteiger partial charge >= 0.3 is 0 Å². The highest BCUT2D eigenvalue weighted by atomic mass is 19.2. The van der Waals surface area contributed by atoms with Crippen molar-refractivity contribution < 1.29 is 18.4 Å². The van der Waals surface area contributed by atoms with Crippen LogP contribution < -0.4 is 4.74 Å². The first-order valence-corrected chi connectivity index (χ1v) is 4.28. The summed E-state index contributed by atoms with van der Waals surface area (Å²) in [4.78, 5) is 4.49. The normalized spacial score (nSPS) is 11.3. The zero-order chi connectivity index (χ0) is 11.3. The standard InChI is InChI=1S/C10H11F2NO2/c1-7(13-14-2)6-15-9-5-3-4-8(11)10(9)12/h3-5H,6H2,1-2H3/b13-7-. The van der Waals surface area contributed by atoms with Crippen LogP contribution in [0.15, 0.2) is 23.4 Å². The van der Waals surface area contributed by atoms with Gasteiger partial charge in [0, 0.05) is 0 Å². The van der Waals surface area contributed by atoms with Gasteiger partial charge in [0.1, 0.15) is 13.7 Å². The minimum absolute atomic E-state index is 0.0498. The van der Waals surface area contributed by atoms with E-state index in [-0.39, 0.29) is 12.4 Å². The summed E-state index contributed by atoms with van der Waals surface area (Å²) in [6.07, 6.45) is 0. The highest BCUT2D eigenvalue weighted by Crippen LogP contribution is 2.18. The molecule has 0 amide bonds. The number of halogens is 2. The van der Waals surface area contributed by atoms with Crippen LogP contribution in [0.25, 0.3) is 0 Å². The zero-order valence-electron chi connectivity index (χ0n) is 8.46. The number of benzene rings is 1. The molecule has 0 aliphatic carbocycles. The van der Waals surface area contributed by atoms with E-state index in [4.69, 9.17) is 4.74 Å². The summed E-state index contributed by atoms with van der Waals surface area (Å²) >= 11 is 0. The fraction of sp³-hybridized carbons (Fsp3) is 0.300. The molecule has 82 valence electrons. The van der Waals surface area contributed by atoms with Crippen molar-refractivity contribution in [3.8, 4) is 5.75 Å². The zero-order valence-corrected chi connectivity index (χ0v) is 8.46. The Morgan fingerprint density at radius 1 is 1.40 bits per heavy atom. The van der Waals surface area contributed by atoms with E-state index in [1.807, 2.05) is 0 Å². The van der Waals surface area contributed by atoms with Crippen LogP contribution in [0.2, 0.25) is 0 Å². The van der Waals surface area contributed by atoms with Gasteiger partial charge in [0.25, 0.3) is 0 Å². The third-order valence-electron chi connectivity index (χ3n) is 1.60. The lowest BCUT2D eigenvalue weighted by molar-refractivity contribution is 0.209. The van der Waals surface area contributed by atoms with Crippen molar-refractivity contribution in [2.75, 3.05) is 13.7 Å². The number of hydrogen-bond donors (Lipinski definition) is 0. The Bertz CT molecular complexity index is 366. The Morgan fingerprint density at radius 3 is 2.80 bits per heavy atom. The molecule has 0 N–H and O–H groups in total. The number of nitrogens with zero attached hydrogens (tertiary/aromatic N) is 1. The van der Waals surface area contributed by atoms with Crippen LogP contribution in [0.5, 0.6) is 5.75 Å².